The van der Waals surface area contributed by atoms with Crippen molar-refractivity contribution in [3.8, 4) is 5.75 Å². The molecule has 6 nitrogen and oxygen atoms in total. The largest absolute Gasteiger partial charge is 0.493 e. The van der Waals surface area contributed by atoms with E-state index in [2.05, 4.69) is 0 Å². The number of methoxy groups -OCH3 is 1. The third-order valence-corrected chi connectivity index (χ3v) is 4.58. The number of carbonyl (C=O) groups is 1. The fraction of sp³-hybridized carbons (Fsp3) is 0.650. The van der Waals surface area contributed by atoms with Crippen LogP contribution in [0.15, 0.2) is 24.3 Å². The van der Waals surface area contributed by atoms with Gasteiger partial charge in [0.25, 0.3) is 0 Å². The molecule has 1 heterocycles. The zero-order chi connectivity index (χ0) is 18.9. The zero-order valence-electron chi connectivity index (χ0n) is 16.0. The number of benzene rings is 1. The van der Waals surface area contributed by atoms with E-state index >= 15 is 0 Å². The Bertz CT molecular complexity index is 563. The number of carbonyl (C=O) groups excluding carboxylic acids is 1. The van der Waals surface area contributed by atoms with Gasteiger partial charge in [-0.05, 0) is 30.0 Å². The predicted molar refractivity (Wildman–Crippen MR) is 98.9 cm³/mol. The quantitative estimate of drug-likeness (QED) is 0.479. The predicted octanol–water partition coefficient (Wildman–Crippen LogP) is 2.53. The summed E-state index contributed by atoms with van der Waals surface area (Å²) in [6, 6.07) is 7.50. The molecule has 0 bridgehead atoms. The molecule has 1 fully saturated rings. The molecule has 0 aliphatic carbocycles. The molecule has 1 aromatic carbocycles. The van der Waals surface area contributed by atoms with Crippen LogP contribution in [0.3, 0.4) is 0 Å². The molecule has 0 radical (unpaired) electrons. The Balaban J connectivity index is 1.73. The zero-order valence-corrected chi connectivity index (χ0v) is 16.0. The summed E-state index contributed by atoms with van der Waals surface area (Å²) >= 11 is 0. The highest BCUT2D eigenvalue weighted by atomic mass is 16.6. The van der Waals surface area contributed by atoms with E-state index in [9.17, 15) is 4.79 Å². The van der Waals surface area contributed by atoms with Crippen molar-refractivity contribution in [1.29, 1.82) is 0 Å². The Labute approximate surface area is 155 Å². The van der Waals surface area contributed by atoms with E-state index in [1.807, 2.05) is 38.1 Å². The topological polar surface area (TPSA) is 80.0 Å². The van der Waals surface area contributed by atoms with Gasteiger partial charge < -0.3 is 24.7 Å². The highest BCUT2D eigenvalue weighted by Gasteiger charge is 2.39. The second-order valence-electron chi connectivity index (χ2n) is 7.08. The van der Waals surface area contributed by atoms with Crippen molar-refractivity contribution in [2.75, 3.05) is 26.9 Å². The molecule has 146 valence electrons. The van der Waals surface area contributed by atoms with Crippen LogP contribution in [-0.4, -0.2) is 45.0 Å². The van der Waals surface area contributed by atoms with Crippen LogP contribution in [0.25, 0.3) is 0 Å². The van der Waals surface area contributed by atoms with Gasteiger partial charge >= 0.3 is 5.97 Å². The van der Waals surface area contributed by atoms with Gasteiger partial charge in [0.05, 0.1) is 31.8 Å². The van der Waals surface area contributed by atoms with Gasteiger partial charge in [-0.15, -0.1) is 0 Å². The van der Waals surface area contributed by atoms with Crippen molar-refractivity contribution in [2.45, 2.75) is 45.4 Å². The lowest BCUT2D eigenvalue weighted by atomic mass is 9.91. The van der Waals surface area contributed by atoms with E-state index in [4.69, 9.17) is 24.7 Å². The molecule has 0 amide bonds. The first kappa shape index (κ1) is 20.7. The van der Waals surface area contributed by atoms with Crippen molar-refractivity contribution in [3.05, 3.63) is 29.8 Å². The summed E-state index contributed by atoms with van der Waals surface area (Å²) < 4.78 is 21.8. The Kier molecular flexibility index (Phi) is 8.35. The van der Waals surface area contributed by atoms with E-state index in [0.717, 1.165) is 17.7 Å². The molecule has 0 aromatic heterocycles. The molecule has 2 N–H and O–H groups in total. The summed E-state index contributed by atoms with van der Waals surface area (Å²) in [5.74, 6) is 0.889. The van der Waals surface area contributed by atoms with Gasteiger partial charge in [-0.3, -0.25) is 4.79 Å². The first-order valence-corrected chi connectivity index (χ1v) is 9.25. The molecule has 0 saturated carbocycles. The van der Waals surface area contributed by atoms with Gasteiger partial charge in [0, 0.05) is 20.1 Å². The monoisotopic (exact) mass is 365 g/mol. The van der Waals surface area contributed by atoms with Crippen molar-refractivity contribution in [2.24, 2.45) is 17.6 Å². The maximum atomic E-state index is 11.9. The lowest BCUT2D eigenvalue weighted by Gasteiger charge is -2.18. The van der Waals surface area contributed by atoms with Gasteiger partial charge in [0.15, 0.2) is 0 Å². The van der Waals surface area contributed by atoms with Gasteiger partial charge in [-0.2, -0.15) is 0 Å². The lowest BCUT2D eigenvalue weighted by molar-refractivity contribution is -0.146. The van der Waals surface area contributed by atoms with E-state index in [1.165, 1.54) is 0 Å². The molecule has 0 spiro atoms. The molecular weight excluding hydrogens is 334 g/mol. The van der Waals surface area contributed by atoms with Crippen LogP contribution in [0.5, 0.6) is 5.75 Å². The van der Waals surface area contributed by atoms with Crippen LogP contribution in [0.2, 0.25) is 0 Å². The van der Waals surface area contributed by atoms with Gasteiger partial charge in [-0.25, -0.2) is 0 Å². The maximum Gasteiger partial charge on any atom is 0.309 e. The average molecular weight is 365 g/mol. The summed E-state index contributed by atoms with van der Waals surface area (Å²) in [5, 5.41) is 0. The second kappa shape index (κ2) is 10.5. The van der Waals surface area contributed by atoms with Crippen molar-refractivity contribution in [1.82, 2.24) is 0 Å². The molecular formula is C20H31NO5. The van der Waals surface area contributed by atoms with Crippen LogP contribution >= 0.6 is 0 Å². The molecule has 26 heavy (non-hydrogen) atoms. The summed E-state index contributed by atoms with van der Waals surface area (Å²) in [7, 11) is 1.68. The maximum absolute atomic E-state index is 11.9. The fourth-order valence-electron chi connectivity index (χ4n) is 2.98. The van der Waals surface area contributed by atoms with Crippen molar-refractivity contribution >= 4 is 5.97 Å². The number of hydrogen-bond donors (Lipinski definition) is 1. The minimum absolute atomic E-state index is 0.0574. The summed E-state index contributed by atoms with van der Waals surface area (Å²) in [6.45, 7) is 6.15. The van der Waals surface area contributed by atoms with Crippen molar-refractivity contribution in [3.63, 3.8) is 0 Å². The summed E-state index contributed by atoms with van der Waals surface area (Å²) in [4.78, 5) is 11.9. The third kappa shape index (κ3) is 6.27. The van der Waals surface area contributed by atoms with E-state index in [-0.39, 0.29) is 30.0 Å². The van der Waals surface area contributed by atoms with E-state index in [1.54, 1.807) is 7.11 Å². The first-order chi connectivity index (χ1) is 12.5. The number of cyclic esters (lactones) is 1. The van der Waals surface area contributed by atoms with Crippen LogP contribution < -0.4 is 10.5 Å². The minimum atomic E-state index is -0.309. The number of rotatable bonds is 11. The Morgan fingerprint density at radius 2 is 2.12 bits per heavy atom. The lowest BCUT2D eigenvalue weighted by Crippen LogP contribution is -2.38. The smallest absolute Gasteiger partial charge is 0.309 e. The number of hydrogen-bond acceptors (Lipinski definition) is 6. The highest BCUT2D eigenvalue weighted by molar-refractivity contribution is 5.75. The number of nitrogens with two attached hydrogens (primary N) is 1. The van der Waals surface area contributed by atoms with Crippen LogP contribution in [0.1, 0.15) is 32.3 Å². The Morgan fingerprint density at radius 1 is 1.31 bits per heavy atom. The second-order valence-corrected chi connectivity index (χ2v) is 7.08. The molecule has 1 aliphatic heterocycles. The van der Waals surface area contributed by atoms with Gasteiger partial charge in [0.1, 0.15) is 11.9 Å². The standard InChI is InChI=1S/C20H31NO5/c1-14(2)17-11-19(26-20(17)22)18(21)13-24-12-15-6-4-7-16(10-15)25-9-5-8-23-3/h4,6-7,10,14,17-19H,5,8-9,11-13,21H2,1-3H3/t17-,18?,19?/m0/s1. The van der Waals surface area contributed by atoms with E-state index < -0.39 is 0 Å². The minimum Gasteiger partial charge on any atom is -0.493 e. The number of ether oxygens (including phenoxy) is 4. The SMILES string of the molecule is COCCCOc1cccc(COCC(N)C2C[C@@H](C(C)C)C(=O)O2)c1. The normalized spacial score (nSPS) is 21.0. The summed E-state index contributed by atoms with van der Waals surface area (Å²) in [5.41, 5.74) is 7.17. The van der Waals surface area contributed by atoms with Gasteiger partial charge in [-0.1, -0.05) is 26.0 Å². The van der Waals surface area contributed by atoms with Crippen LogP contribution in [0.4, 0.5) is 0 Å². The average Bonchev–Trinajstić information content (AvgIpc) is 3.01. The Hall–Kier alpha value is -1.63. The molecule has 1 aliphatic rings. The fourth-order valence-corrected chi connectivity index (χ4v) is 2.98. The highest BCUT2D eigenvalue weighted by Crippen LogP contribution is 2.29. The summed E-state index contributed by atoms with van der Waals surface area (Å²) in [6.07, 6.45) is 1.26. The third-order valence-electron chi connectivity index (χ3n) is 4.58. The Morgan fingerprint density at radius 3 is 2.81 bits per heavy atom. The van der Waals surface area contributed by atoms with Crippen LogP contribution in [0, 0.1) is 11.8 Å². The van der Waals surface area contributed by atoms with E-state index in [0.29, 0.717) is 32.8 Å². The molecule has 3 atom stereocenters. The van der Waals surface area contributed by atoms with Crippen molar-refractivity contribution < 1.29 is 23.7 Å². The molecule has 2 unspecified atom stereocenters. The molecule has 6 heteroatoms. The number of esters is 1. The van der Waals surface area contributed by atoms with Crippen LogP contribution in [-0.2, 0) is 25.6 Å². The first-order valence-electron chi connectivity index (χ1n) is 9.25. The molecule has 1 saturated heterocycles. The molecule has 2 rings (SSSR count). The molecule has 1 aromatic rings. The van der Waals surface area contributed by atoms with Gasteiger partial charge in [0.2, 0.25) is 0 Å².